The standard InChI is InChI=1S/C14H17.C7H7.2ClH.H2N.Ti/c1-4-10(2)14-11(3)9-12-7-5-6-8-13(12)14;1-7-5-3-2-4-6-7;;;;/h5-10,14H,2,4H2,1,3H3;2-6H,1H2;2*1H;1H2;/q;;;;-1;+3/p-2. The van der Waals surface area contributed by atoms with Gasteiger partial charge in [-0.1, -0.05) is 0 Å². The molecule has 0 aromatic heterocycles. The average Bonchev–Trinajstić information content (AvgIpc) is 2.88. The third-order valence-electron chi connectivity index (χ3n) is 5.29. The number of rotatable bonds is 6. The summed E-state index contributed by atoms with van der Waals surface area (Å²) in [6, 6.07) is 18.8. The summed E-state index contributed by atoms with van der Waals surface area (Å²) in [7, 11) is 13.9. The van der Waals surface area contributed by atoms with E-state index < -0.39 is 13.4 Å². The van der Waals surface area contributed by atoms with Gasteiger partial charge in [0.05, 0.1) is 0 Å². The molecular formula is C21H26Cl2NTi. The number of fused-ring (bicyclic) bond motifs is 1. The Hall–Kier alpha value is -0.566. The Balaban J connectivity index is 1.85. The van der Waals surface area contributed by atoms with Crippen molar-refractivity contribution in [1.82, 2.24) is 0 Å². The SMILES string of the molecule is CCC([CH2][Ti]([NH2])([Cl])([Cl])[CH2]c1ccccc1)C1C(C)=Cc2ccccc21. The molecule has 1 nitrogen and oxygen atoms in total. The average molecular weight is 411 g/mol. The molecular weight excluding hydrogens is 385 g/mol. The molecule has 0 spiro atoms. The predicted octanol–water partition coefficient (Wildman–Crippen LogP) is 6.70. The molecule has 0 bridgehead atoms. The molecule has 0 radical (unpaired) electrons. The second-order valence-corrected chi connectivity index (χ2v) is 21.9. The fraction of sp³-hybridized carbons (Fsp3) is 0.333. The van der Waals surface area contributed by atoms with Gasteiger partial charge in [0.2, 0.25) is 0 Å². The van der Waals surface area contributed by atoms with Crippen LogP contribution in [0.2, 0.25) is 4.73 Å². The van der Waals surface area contributed by atoms with E-state index in [1.54, 1.807) is 0 Å². The molecule has 2 aromatic carbocycles. The summed E-state index contributed by atoms with van der Waals surface area (Å²) < 4.78 is 8.06. The van der Waals surface area contributed by atoms with Gasteiger partial charge in [0, 0.05) is 0 Å². The Labute approximate surface area is 160 Å². The molecule has 0 fully saturated rings. The molecule has 2 atom stereocenters. The van der Waals surface area contributed by atoms with Crippen LogP contribution in [0.25, 0.3) is 6.08 Å². The first-order valence-electron chi connectivity index (χ1n) is 8.98. The summed E-state index contributed by atoms with van der Waals surface area (Å²) in [6.45, 7) is 4.43. The minimum atomic E-state index is -4.07. The van der Waals surface area contributed by atoms with Gasteiger partial charge in [0.1, 0.15) is 0 Å². The third kappa shape index (κ3) is 4.59. The van der Waals surface area contributed by atoms with Crippen LogP contribution in [0.5, 0.6) is 0 Å². The number of halogens is 2. The van der Waals surface area contributed by atoms with Crippen molar-refractivity contribution in [2.24, 2.45) is 10.1 Å². The fourth-order valence-corrected chi connectivity index (χ4v) is 11.5. The summed E-state index contributed by atoms with van der Waals surface area (Å²) in [6.07, 6.45) is 3.32. The van der Waals surface area contributed by atoms with E-state index in [0.29, 0.717) is 16.6 Å². The number of nitrogens with two attached hydrogens (primary N) is 1. The van der Waals surface area contributed by atoms with Crippen LogP contribution in [0, 0.1) is 5.92 Å². The Kier molecular flexibility index (Phi) is 5.54. The minimum absolute atomic E-state index is 0.376. The van der Waals surface area contributed by atoms with E-state index in [2.05, 4.69) is 56.3 Å². The van der Waals surface area contributed by atoms with Gasteiger partial charge in [0.15, 0.2) is 0 Å². The van der Waals surface area contributed by atoms with Crippen molar-refractivity contribution in [2.45, 2.75) is 35.6 Å². The summed E-state index contributed by atoms with van der Waals surface area (Å²) in [4.78, 5) is 0. The first-order valence-corrected chi connectivity index (χ1v) is 16.4. The maximum absolute atomic E-state index is 6.97. The molecule has 2 N–H and O–H groups in total. The molecule has 2 unspecified atom stereocenters. The van der Waals surface area contributed by atoms with Gasteiger partial charge >= 0.3 is 161 Å². The van der Waals surface area contributed by atoms with Crippen LogP contribution in [0.3, 0.4) is 0 Å². The molecule has 25 heavy (non-hydrogen) atoms. The van der Waals surface area contributed by atoms with Crippen molar-refractivity contribution in [3.05, 3.63) is 76.9 Å². The van der Waals surface area contributed by atoms with E-state index in [1.165, 1.54) is 16.7 Å². The summed E-state index contributed by atoms with van der Waals surface area (Å²) >= 11 is -4.07. The van der Waals surface area contributed by atoms with Crippen molar-refractivity contribution in [1.29, 1.82) is 0 Å². The van der Waals surface area contributed by atoms with E-state index in [1.807, 2.05) is 18.2 Å². The number of hydrogen-bond donors (Lipinski definition) is 1. The van der Waals surface area contributed by atoms with Crippen molar-refractivity contribution >= 4 is 24.7 Å². The van der Waals surface area contributed by atoms with Crippen molar-refractivity contribution in [2.75, 3.05) is 0 Å². The molecule has 4 heteroatoms. The molecule has 2 aromatic rings. The first kappa shape index (κ1) is 19.2. The summed E-state index contributed by atoms with van der Waals surface area (Å²) in [5.41, 5.74) is 5.24. The topological polar surface area (TPSA) is 26.0 Å². The molecule has 133 valence electrons. The molecule has 0 aliphatic heterocycles. The Morgan fingerprint density at radius 2 is 1.68 bits per heavy atom. The number of benzene rings is 2. The van der Waals surface area contributed by atoms with Crippen molar-refractivity contribution in [3.63, 3.8) is 0 Å². The molecule has 1 aliphatic carbocycles. The molecule has 0 amide bonds. The zero-order valence-corrected chi connectivity index (χ0v) is 18.0. The maximum atomic E-state index is 6.97. The summed E-state index contributed by atoms with van der Waals surface area (Å²) in [5, 5.41) is 0. The second-order valence-electron chi connectivity index (χ2n) is 7.51. The zero-order valence-electron chi connectivity index (χ0n) is 14.9. The van der Waals surface area contributed by atoms with Crippen LogP contribution in [0.4, 0.5) is 0 Å². The van der Waals surface area contributed by atoms with Crippen LogP contribution in [-0.2, 0) is 18.2 Å². The Bertz CT molecular complexity index is 777. The Morgan fingerprint density at radius 3 is 2.36 bits per heavy atom. The van der Waals surface area contributed by atoms with Gasteiger partial charge in [-0.25, -0.2) is 0 Å². The second kappa shape index (κ2) is 7.21. The van der Waals surface area contributed by atoms with Crippen molar-refractivity contribution < 1.29 is 13.4 Å². The fourth-order valence-electron chi connectivity index (χ4n) is 4.25. The zero-order chi connectivity index (χ0) is 18.1. The summed E-state index contributed by atoms with van der Waals surface area (Å²) in [5.74, 6) is 0.752. The van der Waals surface area contributed by atoms with Gasteiger partial charge < -0.3 is 0 Å². The predicted molar refractivity (Wildman–Crippen MR) is 107 cm³/mol. The van der Waals surface area contributed by atoms with E-state index in [4.69, 9.17) is 22.8 Å². The monoisotopic (exact) mass is 410 g/mol. The van der Waals surface area contributed by atoms with Gasteiger partial charge in [-0.15, -0.1) is 0 Å². The van der Waals surface area contributed by atoms with Gasteiger partial charge in [-0.05, 0) is 0 Å². The van der Waals surface area contributed by atoms with Gasteiger partial charge in [0.25, 0.3) is 0 Å². The van der Waals surface area contributed by atoms with E-state index in [0.717, 1.165) is 16.7 Å². The van der Waals surface area contributed by atoms with Crippen LogP contribution in [0.15, 0.2) is 60.2 Å². The molecule has 0 heterocycles. The molecule has 0 saturated heterocycles. The van der Waals surface area contributed by atoms with Crippen LogP contribution in [0.1, 0.15) is 42.9 Å². The molecule has 3 rings (SSSR count). The van der Waals surface area contributed by atoms with Gasteiger partial charge in [-0.3, -0.25) is 0 Å². The van der Waals surface area contributed by atoms with E-state index in [-0.39, 0.29) is 0 Å². The molecule has 0 saturated carbocycles. The number of hydrogen-bond acceptors (Lipinski definition) is 1. The third-order valence-corrected chi connectivity index (χ3v) is 11.5. The van der Waals surface area contributed by atoms with Crippen LogP contribution >= 0.6 is 18.6 Å². The van der Waals surface area contributed by atoms with E-state index >= 15 is 0 Å². The Morgan fingerprint density at radius 1 is 1.04 bits per heavy atom. The normalized spacial score (nSPS) is 19.6. The van der Waals surface area contributed by atoms with E-state index in [9.17, 15) is 0 Å². The van der Waals surface area contributed by atoms with Gasteiger partial charge in [-0.2, -0.15) is 0 Å². The molecule has 1 aliphatic rings. The quantitative estimate of drug-likeness (QED) is 0.526. The number of allylic oxidation sites excluding steroid dienone is 1. The van der Waals surface area contributed by atoms with Crippen molar-refractivity contribution in [3.8, 4) is 0 Å². The van der Waals surface area contributed by atoms with Crippen LogP contribution in [-0.4, -0.2) is 0 Å². The first-order chi connectivity index (χ1) is 11.8. The van der Waals surface area contributed by atoms with Crippen LogP contribution < -0.4 is 4.22 Å².